The molecule has 0 spiro atoms. The number of primary amides is 1. The summed E-state index contributed by atoms with van der Waals surface area (Å²) in [6.45, 7) is 3.49. The van der Waals surface area contributed by atoms with Crippen LogP contribution in [-0.2, 0) is 9.59 Å². The maximum absolute atomic E-state index is 12.9. The number of carbonyl (C=O) groups is 3. The van der Waals surface area contributed by atoms with Crippen molar-refractivity contribution in [2.45, 2.75) is 6.92 Å². The van der Waals surface area contributed by atoms with Crippen LogP contribution in [0.2, 0.25) is 0 Å². The highest BCUT2D eigenvalue weighted by Crippen LogP contribution is 2.31. The standard InChI is InChI=1S/C17H21N3O5/c1-11(21)19-4-5-20(10-13(9-19)16(18)22)17(23)12-2-3-14-15(8-12)25-7-6-24-14/h2-3,8,13H,4-7,9-10H2,1H3,(H2,18,22)/t13-/m1/s1. The molecule has 25 heavy (non-hydrogen) atoms. The van der Waals surface area contributed by atoms with E-state index in [1.807, 2.05) is 0 Å². The highest BCUT2D eigenvalue weighted by atomic mass is 16.6. The van der Waals surface area contributed by atoms with Gasteiger partial charge in [-0.25, -0.2) is 0 Å². The van der Waals surface area contributed by atoms with Crippen molar-refractivity contribution < 1.29 is 23.9 Å². The van der Waals surface area contributed by atoms with Crippen LogP contribution in [0.1, 0.15) is 17.3 Å². The minimum Gasteiger partial charge on any atom is -0.486 e. The van der Waals surface area contributed by atoms with E-state index in [-0.39, 0.29) is 24.9 Å². The Morgan fingerprint density at radius 1 is 1.04 bits per heavy atom. The molecule has 1 fully saturated rings. The third kappa shape index (κ3) is 3.67. The van der Waals surface area contributed by atoms with Gasteiger partial charge in [-0.2, -0.15) is 0 Å². The van der Waals surface area contributed by atoms with Gasteiger partial charge in [0, 0.05) is 38.7 Å². The highest BCUT2D eigenvalue weighted by molar-refractivity contribution is 5.95. The molecule has 3 rings (SSSR count). The molecule has 2 aliphatic rings. The van der Waals surface area contributed by atoms with Crippen LogP contribution in [0.4, 0.5) is 0 Å². The topological polar surface area (TPSA) is 102 Å². The van der Waals surface area contributed by atoms with E-state index in [4.69, 9.17) is 15.2 Å². The third-order valence-corrected chi connectivity index (χ3v) is 4.45. The first-order chi connectivity index (χ1) is 12.0. The second-order valence-corrected chi connectivity index (χ2v) is 6.17. The molecule has 8 nitrogen and oxygen atoms in total. The van der Waals surface area contributed by atoms with Crippen molar-refractivity contribution in [1.29, 1.82) is 0 Å². The predicted molar refractivity (Wildman–Crippen MR) is 88.3 cm³/mol. The van der Waals surface area contributed by atoms with Crippen LogP contribution in [0, 0.1) is 5.92 Å². The summed E-state index contributed by atoms with van der Waals surface area (Å²) in [6, 6.07) is 5.01. The fourth-order valence-electron chi connectivity index (χ4n) is 3.02. The van der Waals surface area contributed by atoms with Crippen LogP contribution in [0.15, 0.2) is 18.2 Å². The van der Waals surface area contributed by atoms with Crippen molar-refractivity contribution in [3.05, 3.63) is 23.8 Å². The molecule has 1 aromatic rings. The summed E-state index contributed by atoms with van der Waals surface area (Å²) < 4.78 is 11.0. The normalized spacial score (nSPS) is 20.0. The number of nitrogens with two attached hydrogens (primary N) is 1. The zero-order valence-corrected chi connectivity index (χ0v) is 14.1. The number of nitrogens with zero attached hydrogens (tertiary/aromatic N) is 2. The molecule has 1 atom stereocenters. The molecule has 0 saturated carbocycles. The summed E-state index contributed by atoms with van der Waals surface area (Å²) in [5, 5.41) is 0. The average Bonchev–Trinajstić information content (AvgIpc) is 2.84. The maximum atomic E-state index is 12.9. The zero-order valence-electron chi connectivity index (χ0n) is 14.1. The van der Waals surface area contributed by atoms with Crippen LogP contribution in [-0.4, -0.2) is 66.9 Å². The first-order valence-electron chi connectivity index (χ1n) is 8.19. The lowest BCUT2D eigenvalue weighted by Gasteiger charge is -2.24. The molecule has 1 aromatic carbocycles. The van der Waals surface area contributed by atoms with Crippen molar-refractivity contribution in [3.8, 4) is 11.5 Å². The van der Waals surface area contributed by atoms with Crippen molar-refractivity contribution >= 4 is 17.7 Å². The Morgan fingerprint density at radius 3 is 2.36 bits per heavy atom. The molecule has 2 aliphatic heterocycles. The van der Waals surface area contributed by atoms with Gasteiger partial charge in [0.05, 0.1) is 5.92 Å². The van der Waals surface area contributed by atoms with Gasteiger partial charge in [-0.1, -0.05) is 0 Å². The number of fused-ring (bicyclic) bond motifs is 1. The molecular weight excluding hydrogens is 326 g/mol. The summed E-state index contributed by atoms with van der Waals surface area (Å²) in [5.41, 5.74) is 5.89. The Hall–Kier alpha value is -2.77. The zero-order chi connectivity index (χ0) is 18.0. The SMILES string of the molecule is CC(=O)N1CCN(C(=O)c2ccc3c(c2)OCCO3)C[C@H](C(N)=O)C1. The van der Waals surface area contributed by atoms with Gasteiger partial charge in [0.2, 0.25) is 11.8 Å². The number of ether oxygens (including phenoxy) is 2. The smallest absolute Gasteiger partial charge is 0.254 e. The lowest BCUT2D eigenvalue weighted by molar-refractivity contribution is -0.130. The highest BCUT2D eigenvalue weighted by Gasteiger charge is 2.30. The van der Waals surface area contributed by atoms with E-state index in [2.05, 4.69) is 0 Å². The van der Waals surface area contributed by atoms with E-state index in [1.165, 1.54) is 6.92 Å². The van der Waals surface area contributed by atoms with Crippen molar-refractivity contribution in [2.75, 3.05) is 39.4 Å². The molecule has 2 heterocycles. The fraction of sp³-hybridized carbons (Fsp3) is 0.471. The predicted octanol–water partition coefficient (Wildman–Crippen LogP) is -0.136. The molecule has 0 radical (unpaired) electrons. The second kappa shape index (κ2) is 7.00. The molecule has 3 amide bonds. The minimum atomic E-state index is -0.590. The van der Waals surface area contributed by atoms with Crippen molar-refractivity contribution in [3.63, 3.8) is 0 Å². The van der Waals surface area contributed by atoms with Gasteiger partial charge >= 0.3 is 0 Å². The Bertz CT molecular complexity index is 706. The third-order valence-electron chi connectivity index (χ3n) is 4.45. The summed E-state index contributed by atoms with van der Waals surface area (Å²) in [5.74, 6) is -0.339. The molecule has 0 aromatic heterocycles. The molecular formula is C17H21N3O5. The van der Waals surface area contributed by atoms with Gasteiger partial charge in [0.1, 0.15) is 13.2 Å². The van der Waals surface area contributed by atoms with Crippen LogP contribution < -0.4 is 15.2 Å². The Morgan fingerprint density at radius 2 is 1.68 bits per heavy atom. The van der Waals surface area contributed by atoms with Crippen LogP contribution >= 0.6 is 0 Å². The summed E-state index contributed by atoms with van der Waals surface area (Å²) in [4.78, 5) is 39.3. The van der Waals surface area contributed by atoms with Gasteiger partial charge in [-0.3, -0.25) is 14.4 Å². The van der Waals surface area contributed by atoms with E-state index in [0.29, 0.717) is 43.4 Å². The molecule has 134 valence electrons. The largest absolute Gasteiger partial charge is 0.486 e. The molecule has 2 N–H and O–H groups in total. The number of hydrogen-bond acceptors (Lipinski definition) is 5. The summed E-state index contributed by atoms with van der Waals surface area (Å²) >= 11 is 0. The van der Waals surface area contributed by atoms with Crippen LogP contribution in [0.5, 0.6) is 11.5 Å². The maximum Gasteiger partial charge on any atom is 0.254 e. The van der Waals surface area contributed by atoms with E-state index < -0.39 is 11.8 Å². The van der Waals surface area contributed by atoms with E-state index in [0.717, 1.165) is 0 Å². The Balaban J connectivity index is 1.80. The summed E-state index contributed by atoms with van der Waals surface area (Å²) in [7, 11) is 0. The van der Waals surface area contributed by atoms with E-state index in [1.54, 1.807) is 28.0 Å². The quantitative estimate of drug-likeness (QED) is 0.802. The van der Waals surface area contributed by atoms with Crippen LogP contribution in [0.3, 0.4) is 0 Å². The van der Waals surface area contributed by atoms with Gasteiger partial charge in [-0.15, -0.1) is 0 Å². The van der Waals surface area contributed by atoms with Crippen LogP contribution in [0.25, 0.3) is 0 Å². The number of amides is 3. The lowest BCUT2D eigenvalue weighted by atomic mass is 10.1. The first-order valence-corrected chi connectivity index (χ1v) is 8.19. The number of hydrogen-bond donors (Lipinski definition) is 1. The monoisotopic (exact) mass is 347 g/mol. The van der Waals surface area contributed by atoms with Crippen molar-refractivity contribution in [1.82, 2.24) is 9.80 Å². The fourth-order valence-corrected chi connectivity index (χ4v) is 3.02. The van der Waals surface area contributed by atoms with E-state index >= 15 is 0 Å². The van der Waals surface area contributed by atoms with E-state index in [9.17, 15) is 14.4 Å². The number of benzene rings is 1. The lowest BCUT2D eigenvalue weighted by Crippen LogP contribution is -2.40. The van der Waals surface area contributed by atoms with Gasteiger partial charge in [0.25, 0.3) is 5.91 Å². The van der Waals surface area contributed by atoms with Gasteiger partial charge in [-0.05, 0) is 18.2 Å². The second-order valence-electron chi connectivity index (χ2n) is 6.17. The Labute approximate surface area is 145 Å². The summed E-state index contributed by atoms with van der Waals surface area (Å²) in [6.07, 6.45) is 0. The van der Waals surface area contributed by atoms with Gasteiger partial charge < -0.3 is 25.0 Å². The molecule has 0 aliphatic carbocycles. The Kier molecular flexibility index (Phi) is 4.78. The first kappa shape index (κ1) is 17.1. The number of rotatable bonds is 2. The minimum absolute atomic E-state index is 0.139. The molecule has 8 heteroatoms. The molecule has 1 saturated heterocycles. The van der Waals surface area contributed by atoms with Crippen molar-refractivity contribution in [2.24, 2.45) is 11.7 Å². The number of carbonyl (C=O) groups excluding carboxylic acids is 3. The van der Waals surface area contributed by atoms with Gasteiger partial charge in [0.15, 0.2) is 11.5 Å². The molecule has 0 bridgehead atoms. The average molecular weight is 347 g/mol. The molecule has 0 unspecified atom stereocenters.